The average molecular weight is 397 g/mol. The third-order valence-corrected chi connectivity index (χ3v) is 9.99. The van der Waals surface area contributed by atoms with E-state index >= 15 is 0 Å². The van der Waals surface area contributed by atoms with Gasteiger partial charge in [-0.2, -0.15) is 0 Å². The minimum Gasteiger partial charge on any atom is -0.393 e. The van der Waals surface area contributed by atoms with Crippen LogP contribution in [0.3, 0.4) is 0 Å². The molecule has 0 aromatic heterocycles. The Morgan fingerprint density at radius 2 is 1.79 bits per heavy atom. The Morgan fingerprint density at radius 3 is 2.52 bits per heavy atom. The summed E-state index contributed by atoms with van der Waals surface area (Å²) in [5.74, 6) is 4.17. The number of fused-ring (bicyclic) bond motifs is 4. The van der Waals surface area contributed by atoms with Gasteiger partial charge < -0.3 is 5.11 Å². The molecule has 0 aliphatic heterocycles. The van der Waals surface area contributed by atoms with E-state index in [4.69, 9.17) is 0 Å². The van der Waals surface area contributed by atoms with Crippen molar-refractivity contribution in [3.05, 3.63) is 35.5 Å². The van der Waals surface area contributed by atoms with Crippen molar-refractivity contribution in [1.82, 2.24) is 0 Å². The van der Waals surface area contributed by atoms with Crippen molar-refractivity contribution in [3.8, 4) is 0 Å². The molecule has 0 saturated heterocycles. The standard InChI is InChI=1S/C28H44O/c1-18(2)19(3)7-8-20(4)24-11-12-25-23-10-9-21-17-22(29)13-15-27(21,5)26(23)14-16-28(24,25)6/h7-10,18-22,24-25,29H,11-17H2,1-6H3/b8-7+/t19-,20+,21?,22-,24+,25-,27-,28+/m0/s1. The van der Waals surface area contributed by atoms with Crippen molar-refractivity contribution in [3.63, 3.8) is 0 Å². The molecule has 162 valence electrons. The van der Waals surface area contributed by atoms with Crippen molar-refractivity contribution < 1.29 is 5.11 Å². The number of hydrogen-bond donors (Lipinski definition) is 1. The normalized spacial score (nSPS) is 44.0. The summed E-state index contributed by atoms with van der Waals surface area (Å²) in [5, 5.41) is 10.2. The topological polar surface area (TPSA) is 20.2 Å². The molecule has 0 heterocycles. The summed E-state index contributed by atoms with van der Waals surface area (Å²) in [7, 11) is 0. The molecule has 1 heteroatoms. The van der Waals surface area contributed by atoms with Crippen LogP contribution in [-0.2, 0) is 0 Å². The van der Waals surface area contributed by atoms with Crippen LogP contribution in [0.15, 0.2) is 35.5 Å². The number of aliphatic hydroxyl groups is 1. The van der Waals surface area contributed by atoms with E-state index in [-0.39, 0.29) is 6.10 Å². The van der Waals surface area contributed by atoms with Crippen molar-refractivity contribution in [1.29, 1.82) is 0 Å². The highest BCUT2D eigenvalue weighted by Crippen LogP contribution is 2.64. The fourth-order valence-corrected chi connectivity index (χ4v) is 7.49. The SMILES string of the molecule is CC(C)[C@@H](C)/C=C/[C@@H](C)[C@H]1CC[C@H]2C3=C(CC[C@]12C)[C@@]1(C)CC[C@H](O)CC1C=C3. The Balaban J connectivity index is 1.57. The van der Waals surface area contributed by atoms with Gasteiger partial charge in [-0.3, -0.25) is 0 Å². The zero-order chi connectivity index (χ0) is 21.0. The van der Waals surface area contributed by atoms with Crippen LogP contribution in [0, 0.1) is 46.3 Å². The maximum Gasteiger partial charge on any atom is 0.0546 e. The molecule has 1 nitrogen and oxygen atoms in total. The van der Waals surface area contributed by atoms with E-state index in [1.165, 1.54) is 32.1 Å². The average Bonchev–Trinajstić information content (AvgIpc) is 3.03. The summed E-state index contributed by atoms with van der Waals surface area (Å²) in [6, 6.07) is 0. The Morgan fingerprint density at radius 1 is 1.03 bits per heavy atom. The van der Waals surface area contributed by atoms with Crippen molar-refractivity contribution in [2.75, 3.05) is 0 Å². The molecule has 0 aromatic rings. The van der Waals surface area contributed by atoms with Crippen molar-refractivity contribution >= 4 is 0 Å². The van der Waals surface area contributed by atoms with Gasteiger partial charge in [0.1, 0.15) is 0 Å². The highest BCUT2D eigenvalue weighted by Gasteiger charge is 2.54. The third-order valence-electron chi connectivity index (χ3n) is 9.99. The minimum atomic E-state index is -0.0922. The van der Waals surface area contributed by atoms with Gasteiger partial charge in [0, 0.05) is 0 Å². The molecule has 4 aliphatic carbocycles. The van der Waals surface area contributed by atoms with Gasteiger partial charge in [0.25, 0.3) is 0 Å². The van der Waals surface area contributed by atoms with E-state index < -0.39 is 0 Å². The second kappa shape index (κ2) is 7.70. The summed E-state index contributed by atoms with van der Waals surface area (Å²) in [6.45, 7) is 14.6. The lowest BCUT2D eigenvalue weighted by Gasteiger charge is -2.53. The van der Waals surface area contributed by atoms with Crippen LogP contribution >= 0.6 is 0 Å². The van der Waals surface area contributed by atoms with Gasteiger partial charge in [0.2, 0.25) is 0 Å². The predicted octanol–water partition coefficient (Wildman–Crippen LogP) is 7.33. The molecule has 0 aromatic carbocycles. The molecule has 1 unspecified atom stereocenters. The van der Waals surface area contributed by atoms with Crippen molar-refractivity contribution in [2.24, 2.45) is 46.3 Å². The predicted molar refractivity (Wildman–Crippen MR) is 123 cm³/mol. The van der Waals surface area contributed by atoms with Gasteiger partial charge in [-0.1, -0.05) is 71.4 Å². The molecule has 0 spiro atoms. The van der Waals surface area contributed by atoms with Crippen LogP contribution in [0.5, 0.6) is 0 Å². The van der Waals surface area contributed by atoms with Gasteiger partial charge in [0.15, 0.2) is 0 Å². The number of allylic oxidation sites excluding steroid dienone is 6. The van der Waals surface area contributed by atoms with Crippen LogP contribution in [0.4, 0.5) is 0 Å². The Hall–Kier alpha value is -0.820. The van der Waals surface area contributed by atoms with Crippen LogP contribution in [0.2, 0.25) is 0 Å². The maximum absolute atomic E-state index is 10.2. The second-order valence-electron chi connectivity index (χ2n) is 11.8. The van der Waals surface area contributed by atoms with Crippen LogP contribution < -0.4 is 0 Å². The molecule has 2 fully saturated rings. The molecular formula is C28H44O. The smallest absolute Gasteiger partial charge is 0.0546 e. The highest BCUT2D eigenvalue weighted by molar-refractivity contribution is 5.42. The first-order valence-corrected chi connectivity index (χ1v) is 12.4. The fourth-order valence-electron chi connectivity index (χ4n) is 7.49. The van der Waals surface area contributed by atoms with Gasteiger partial charge in [-0.05, 0) is 96.9 Å². The number of rotatable bonds is 4. The highest BCUT2D eigenvalue weighted by atomic mass is 16.3. The molecule has 8 atom stereocenters. The lowest BCUT2D eigenvalue weighted by Crippen LogP contribution is -2.44. The van der Waals surface area contributed by atoms with E-state index in [0.29, 0.717) is 28.6 Å². The lowest BCUT2D eigenvalue weighted by atomic mass is 9.52. The number of hydrogen-bond acceptors (Lipinski definition) is 1. The summed E-state index contributed by atoms with van der Waals surface area (Å²) in [6.07, 6.45) is 18.4. The van der Waals surface area contributed by atoms with E-state index in [2.05, 4.69) is 65.8 Å². The summed E-state index contributed by atoms with van der Waals surface area (Å²) in [4.78, 5) is 0. The summed E-state index contributed by atoms with van der Waals surface area (Å²) < 4.78 is 0. The quantitative estimate of drug-likeness (QED) is 0.493. The Kier molecular flexibility index (Phi) is 5.69. The third kappa shape index (κ3) is 3.50. The fraction of sp³-hybridized carbons (Fsp3) is 0.786. The summed E-state index contributed by atoms with van der Waals surface area (Å²) in [5.41, 5.74) is 4.24. The minimum absolute atomic E-state index is 0.0922. The molecule has 0 amide bonds. The monoisotopic (exact) mass is 396 g/mol. The van der Waals surface area contributed by atoms with E-state index in [0.717, 1.165) is 30.6 Å². The first-order valence-electron chi connectivity index (χ1n) is 12.4. The second-order valence-corrected chi connectivity index (χ2v) is 11.8. The molecule has 2 saturated carbocycles. The van der Waals surface area contributed by atoms with Crippen LogP contribution in [-0.4, -0.2) is 11.2 Å². The zero-order valence-corrected chi connectivity index (χ0v) is 19.7. The van der Waals surface area contributed by atoms with E-state index in [1.807, 2.05) is 0 Å². The number of aliphatic hydroxyl groups excluding tert-OH is 1. The lowest BCUT2D eigenvalue weighted by molar-refractivity contribution is 0.0443. The van der Waals surface area contributed by atoms with E-state index in [1.54, 1.807) is 11.1 Å². The van der Waals surface area contributed by atoms with Crippen LogP contribution in [0.1, 0.15) is 86.5 Å². The summed E-state index contributed by atoms with van der Waals surface area (Å²) >= 11 is 0. The van der Waals surface area contributed by atoms with Gasteiger partial charge in [-0.15, -0.1) is 0 Å². The van der Waals surface area contributed by atoms with Crippen LogP contribution in [0.25, 0.3) is 0 Å². The largest absolute Gasteiger partial charge is 0.393 e. The molecule has 0 radical (unpaired) electrons. The molecule has 4 rings (SSSR count). The Labute approximate surface area is 179 Å². The zero-order valence-electron chi connectivity index (χ0n) is 19.7. The first kappa shape index (κ1) is 21.4. The first-order chi connectivity index (χ1) is 13.7. The molecular weight excluding hydrogens is 352 g/mol. The maximum atomic E-state index is 10.2. The van der Waals surface area contributed by atoms with Crippen molar-refractivity contribution in [2.45, 2.75) is 92.6 Å². The molecule has 29 heavy (non-hydrogen) atoms. The van der Waals surface area contributed by atoms with Gasteiger partial charge in [0.05, 0.1) is 6.10 Å². The molecule has 4 aliphatic rings. The van der Waals surface area contributed by atoms with Gasteiger partial charge >= 0.3 is 0 Å². The van der Waals surface area contributed by atoms with E-state index in [9.17, 15) is 5.11 Å². The Bertz CT molecular complexity index is 712. The molecule has 1 N–H and O–H groups in total. The van der Waals surface area contributed by atoms with Gasteiger partial charge in [-0.25, -0.2) is 0 Å². The molecule has 0 bridgehead atoms.